The van der Waals surface area contributed by atoms with E-state index in [-0.39, 0.29) is 0 Å². The van der Waals surface area contributed by atoms with Crippen LogP contribution < -0.4 is 0 Å². The first-order valence-corrected chi connectivity index (χ1v) is 19.1. The summed E-state index contributed by atoms with van der Waals surface area (Å²) in [6, 6.07) is 65.4. The molecule has 0 bridgehead atoms. The Morgan fingerprint density at radius 3 is 1.47 bits per heavy atom. The topological polar surface area (TPSA) is 61.7 Å². The lowest BCUT2D eigenvalue weighted by Crippen LogP contribution is -2.01. The molecule has 0 atom stereocenters. The smallest absolute Gasteiger partial charge is 0.167 e. The van der Waals surface area contributed by atoms with Crippen LogP contribution in [0.5, 0.6) is 0 Å². The molecule has 57 heavy (non-hydrogen) atoms. The molecule has 12 aromatic rings. The maximum absolute atomic E-state index is 6.86. The van der Waals surface area contributed by atoms with Crippen LogP contribution in [-0.2, 0) is 0 Å². The highest BCUT2D eigenvalue weighted by Gasteiger charge is 2.25. The standard InChI is InChI=1S/C51H31N5O/c1-4-16-32(17-5-1)49-52-50(33-18-6-2-7-19-33)54-51(53-49)38-28-29-43(47-37-24-12-15-27-44(37)57-48(38)47)56-40-26-14-11-23-36(40)46-42(56)31-30-41-45(46)35-22-10-13-25-39(35)55(41)34-20-8-3-9-21-34/h1-31H. The average molecular weight is 730 g/mol. The highest BCUT2D eigenvalue weighted by atomic mass is 16.3. The molecule has 6 nitrogen and oxygen atoms in total. The zero-order valence-corrected chi connectivity index (χ0v) is 30.5. The number of benzene rings is 8. The van der Waals surface area contributed by atoms with E-state index in [1.165, 1.54) is 32.6 Å². The molecule has 0 fully saturated rings. The Labute approximate surface area is 326 Å². The molecule has 0 aliphatic rings. The second kappa shape index (κ2) is 12.3. The molecule has 0 unspecified atom stereocenters. The molecular weight excluding hydrogens is 699 g/mol. The Hall–Kier alpha value is -7.83. The average Bonchev–Trinajstić information content (AvgIpc) is 3.95. The molecule has 0 spiro atoms. The van der Waals surface area contributed by atoms with Crippen molar-refractivity contribution in [3.63, 3.8) is 0 Å². The third-order valence-electron chi connectivity index (χ3n) is 11.2. The molecule has 4 heterocycles. The number of furan rings is 1. The van der Waals surface area contributed by atoms with E-state index in [2.05, 4.69) is 124 Å². The Bertz CT molecular complexity index is 3450. The third-order valence-corrected chi connectivity index (χ3v) is 11.2. The van der Waals surface area contributed by atoms with Gasteiger partial charge in [0.1, 0.15) is 11.2 Å². The summed E-state index contributed by atoms with van der Waals surface area (Å²) in [6.45, 7) is 0. The molecule has 0 saturated carbocycles. The van der Waals surface area contributed by atoms with E-state index < -0.39 is 0 Å². The van der Waals surface area contributed by atoms with Gasteiger partial charge in [-0.2, -0.15) is 0 Å². The van der Waals surface area contributed by atoms with Crippen molar-refractivity contribution in [2.24, 2.45) is 0 Å². The Morgan fingerprint density at radius 2 is 0.842 bits per heavy atom. The summed E-state index contributed by atoms with van der Waals surface area (Å²) in [5.74, 6) is 1.76. The van der Waals surface area contributed by atoms with Gasteiger partial charge in [-0.25, -0.2) is 15.0 Å². The van der Waals surface area contributed by atoms with Crippen molar-refractivity contribution in [3.8, 4) is 45.5 Å². The Morgan fingerprint density at radius 1 is 0.351 bits per heavy atom. The number of hydrogen-bond donors (Lipinski definition) is 0. The minimum atomic E-state index is 0.552. The van der Waals surface area contributed by atoms with Crippen LogP contribution in [0.4, 0.5) is 0 Å². The Balaban J connectivity index is 1.17. The SMILES string of the molecule is c1ccc(-c2nc(-c3ccccc3)nc(-c3ccc(-n4c5ccccc5c5c6c7ccccc7n(-c7ccccc7)c6ccc54)c4c3oc3ccccc34)n2)cc1. The number of aromatic nitrogens is 5. The van der Waals surface area contributed by atoms with E-state index in [1.807, 2.05) is 72.8 Å². The quantitative estimate of drug-likeness (QED) is 0.177. The summed E-state index contributed by atoms with van der Waals surface area (Å²) in [4.78, 5) is 15.2. The van der Waals surface area contributed by atoms with Crippen molar-refractivity contribution in [2.75, 3.05) is 0 Å². The van der Waals surface area contributed by atoms with E-state index >= 15 is 0 Å². The van der Waals surface area contributed by atoms with Gasteiger partial charge in [-0.05, 0) is 54.6 Å². The summed E-state index contributed by atoms with van der Waals surface area (Å²) < 4.78 is 11.6. The van der Waals surface area contributed by atoms with Crippen LogP contribution in [0.3, 0.4) is 0 Å². The zero-order chi connectivity index (χ0) is 37.5. The van der Waals surface area contributed by atoms with Crippen LogP contribution in [0.15, 0.2) is 192 Å². The van der Waals surface area contributed by atoms with Gasteiger partial charge in [0.15, 0.2) is 17.5 Å². The molecule has 0 aliphatic carbocycles. The number of nitrogens with zero attached hydrogens (tertiary/aromatic N) is 5. The lowest BCUT2D eigenvalue weighted by Gasteiger charge is -2.13. The summed E-state index contributed by atoms with van der Waals surface area (Å²) in [5, 5.41) is 6.89. The van der Waals surface area contributed by atoms with E-state index in [1.54, 1.807) is 0 Å². The van der Waals surface area contributed by atoms with E-state index in [0.29, 0.717) is 17.5 Å². The second-order valence-electron chi connectivity index (χ2n) is 14.4. The number of fused-ring (bicyclic) bond motifs is 10. The summed E-state index contributed by atoms with van der Waals surface area (Å²) in [5.41, 5.74) is 10.9. The molecule has 0 N–H and O–H groups in total. The minimum absolute atomic E-state index is 0.552. The van der Waals surface area contributed by atoms with Gasteiger partial charge in [-0.3, -0.25) is 0 Å². The van der Waals surface area contributed by atoms with E-state index in [4.69, 9.17) is 19.4 Å². The van der Waals surface area contributed by atoms with E-state index in [9.17, 15) is 0 Å². The minimum Gasteiger partial charge on any atom is -0.455 e. The molecule has 8 aromatic carbocycles. The number of hydrogen-bond acceptors (Lipinski definition) is 4. The molecular formula is C51H31N5O. The van der Waals surface area contributed by atoms with Gasteiger partial charge >= 0.3 is 0 Å². The van der Waals surface area contributed by atoms with E-state index in [0.717, 1.165) is 61.0 Å². The summed E-state index contributed by atoms with van der Waals surface area (Å²) >= 11 is 0. The molecule has 4 aromatic heterocycles. The van der Waals surface area contributed by atoms with Crippen molar-refractivity contribution in [1.82, 2.24) is 24.1 Å². The summed E-state index contributed by atoms with van der Waals surface area (Å²) in [7, 11) is 0. The first-order chi connectivity index (χ1) is 28.3. The second-order valence-corrected chi connectivity index (χ2v) is 14.4. The molecule has 0 radical (unpaired) electrons. The van der Waals surface area contributed by atoms with Crippen molar-refractivity contribution in [3.05, 3.63) is 188 Å². The first kappa shape index (κ1) is 31.5. The molecule has 12 rings (SSSR count). The lowest BCUT2D eigenvalue weighted by molar-refractivity contribution is 0.669. The van der Waals surface area contributed by atoms with Crippen LogP contribution in [0, 0.1) is 0 Å². The van der Waals surface area contributed by atoms with Gasteiger partial charge in [0.25, 0.3) is 0 Å². The number of rotatable bonds is 5. The zero-order valence-electron chi connectivity index (χ0n) is 30.5. The van der Waals surface area contributed by atoms with Crippen molar-refractivity contribution < 1.29 is 4.42 Å². The fraction of sp³-hybridized carbons (Fsp3) is 0. The third kappa shape index (κ3) is 4.74. The van der Waals surface area contributed by atoms with Gasteiger partial charge in [0, 0.05) is 43.7 Å². The fourth-order valence-electron chi connectivity index (χ4n) is 8.74. The maximum Gasteiger partial charge on any atom is 0.167 e. The predicted molar refractivity (Wildman–Crippen MR) is 232 cm³/mol. The molecule has 6 heteroatoms. The fourth-order valence-corrected chi connectivity index (χ4v) is 8.74. The van der Waals surface area contributed by atoms with Crippen molar-refractivity contribution in [1.29, 1.82) is 0 Å². The maximum atomic E-state index is 6.86. The van der Waals surface area contributed by atoms with Crippen LogP contribution in [0.25, 0.3) is 111 Å². The van der Waals surface area contributed by atoms with Gasteiger partial charge in [0.2, 0.25) is 0 Å². The first-order valence-electron chi connectivity index (χ1n) is 19.1. The van der Waals surface area contributed by atoms with Crippen molar-refractivity contribution >= 4 is 65.6 Å². The molecule has 0 saturated heterocycles. The largest absolute Gasteiger partial charge is 0.455 e. The normalized spacial score (nSPS) is 11.9. The highest BCUT2D eigenvalue weighted by molar-refractivity contribution is 6.29. The van der Waals surface area contributed by atoms with Gasteiger partial charge < -0.3 is 13.6 Å². The molecule has 0 aliphatic heterocycles. The van der Waals surface area contributed by atoms with Crippen molar-refractivity contribution in [2.45, 2.75) is 0 Å². The van der Waals surface area contributed by atoms with Gasteiger partial charge in [0.05, 0.1) is 38.7 Å². The van der Waals surface area contributed by atoms with Crippen LogP contribution >= 0.6 is 0 Å². The Kier molecular flexibility index (Phi) is 6.83. The van der Waals surface area contributed by atoms with Gasteiger partial charge in [-0.1, -0.05) is 133 Å². The molecule has 0 amide bonds. The van der Waals surface area contributed by atoms with Crippen LogP contribution in [-0.4, -0.2) is 24.1 Å². The lowest BCUT2D eigenvalue weighted by atomic mass is 10.0. The highest BCUT2D eigenvalue weighted by Crippen LogP contribution is 2.45. The van der Waals surface area contributed by atoms with Crippen LogP contribution in [0.1, 0.15) is 0 Å². The van der Waals surface area contributed by atoms with Gasteiger partial charge in [-0.15, -0.1) is 0 Å². The monoisotopic (exact) mass is 729 g/mol. The summed E-state index contributed by atoms with van der Waals surface area (Å²) in [6.07, 6.45) is 0. The predicted octanol–water partition coefficient (Wildman–Crippen LogP) is 13.0. The molecule has 266 valence electrons. The van der Waals surface area contributed by atoms with Crippen LogP contribution in [0.2, 0.25) is 0 Å². The number of para-hydroxylation sites is 4.